The Morgan fingerprint density at radius 3 is 2.59 bits per heavy atom. The Hall–Kier alpha value is -2.87. The lowest BCUT2D eigenvalue weighted by atomic mass is 10.1. The minimum absolute atomic E-state index is 0.000381. The van der Waals surface area contributed by atoms with Crippen molar-refractivity contribution < 1.29 is 9.59 Å². The van der Waals surface area contributed by atoms with Gasteiger partial charge in [-0.15, -0.1) is 0 Å². The van der Waals surface area contributed by atoms with E-state index in [0.29, 0.717) is 38.3 Å². The minimum Gasteiger partial charge on any atom is -0.372 e. The molecule has 2 saturated heterocycles. The van der Waals surface area contributed by atoms with Crippen molar-refractivity contribution in [1.29, 1.82) is 0 Å². The predicted octanol–water partition coefficient (Wildman–Crippen LogP) is 1.67. The Balaban J connectivity index is 1.36. The predicted molar refractivity (Wildman–Crippen MR) is 125 cm³/mol. The van der Waals surface area contributed by atoms with E-state index in [9.17, 15) is 9.59 Å². The number of amides is 2. The molecule has 0 spiro atoms. The van der Waals surface area contributed by atoms with Gasteiger partial charge in [0.1, 0.15) is 6.04 Å². The molecule has 3 heterocycles. The molecule has 1 aromatic carbocycles. The maximum absolute atomic E-state index is 13.2. The van der Waals surface area contributed by atoms with Crippen molar-refractivity contribution in [1.82, 2.24) is 24.9 Å². The normalized spacial score (nSPS) is 19.4. The number of nitrogens with zero attached hydrogens (tertiary/aromatic N) is 5. The summed E-state index contributed by atoms with van der Waals surface area (Å²) in [6.45, 7) is 8.91. The molecule has 2 aromatic rings. The third kappa shape index (κ3) is 4.96. The van der Waals surface area contributed by atoms with Crippen LogP contribution in [0.15, 0.2) is 30.3 Å². The van der Waals surface area contributed by atoms with Crippen molar-refractivity contribution in [2.75, 3.05) is 51.2 Å². The highest BCUT2D eigenvalue weighted by Gasteiger charge is 2.32. The van der Waals surface area contributed by atoms with E-state index in [1.54, 1.807) is 0 Å². The summed E-state index contributed by atoms with van der Waals surface area (Å²) in [6.07, 6.45) is 2.40. The fraction of sp³-hybridized carbons (Fsp3) is 0.542. The molecule has 32 heavy (non-hydrogen) atoms. The Kier molecular flexibility index (Phi) is 6.79. The summed E-state index contributed by atoms with van der Waals surface area (Å²) in [7, 11) is 1.95. The van der Waals surface area contributed by atoms with Crippen LogP contribution >= 0.6 is 0 Å². The first-order valence-electron chi connectivity index (χ1n) is 11.6. The second-order valence-corrected chi connectivity index (χ2v) is 8.93. The average molecular weight is 439 g/mol. The van der Waals surface area contributed by atoms with Gasteiger partial charge in [0.25, 0.3) is 5.91 Å². The second kappa shape index (κ2) is 9.73. The monoisotopic (exact) mass is 438 g/mol. The highest BCUT2D eigenvalue weighted by molar-refractivity contribution is 5.96. The van der Waals surface area contributed by atoms with Gasteiger partial charge in [-0.1, -0.05) is 6.07 Å². The van der Waals surface area contributed by atoms with E-state index in [4.69, 9.17) is 0 Å². The van der Waals surface area contributed by atoms with E-state index in [0.717, 1.165) is 30.2 Å². The smallest absolute Gasteiger partial charge is 0.254 e. The highest BCUT2D eigenvalue weighted by atomic mass is 16.2. The summed E-state index contributed by atoms with van der Waals surface area (Å²) in [5.41, 5.74) is 3.87. The van der Waals surface area contributed by atoms with Gasteiger partial charge in [-0.2, -0.15) is 5.10 Å². The lowest BCUT2D eigenvalue weighted by molar-refractivity contribution is -0.127. The topological polar surface area (TPSA) is 73.7 Å². The molecule has 1 N–H and O–H groups in total. The second-order valence-electron chi connectivity index (χ2n) is 8.93. The van der Waals surface area contributed by atoms with E-state index >= 15 is 0 Å². The van der Waals surface area contributed by atoms with Crippen molar-refractivity contribution in [2.45, 2.75) is 39.3 Å². The van der Waals surface area contributed by atoms with Crippen molar-refractivity contribution in [2.24, 2.45) is 0 Å². The molecular weight excluding hydrogens is 404 g/mol. The molecule has 2 fully saturated rings. The Bertz CT molecular complexity index is 965. The summed E-state index contributed by atoms with van der Waals surface area (Å²) in [5, 5.41) is 7.46. The quantitative estimate of drug-likeness (QED) is 0.743. The molecule has 1 atom stereocenters. The summed E-state index contributed by atoms with van der Waals surface area (Å²) < 4.78 is 1.91. The van der Waals surface area contributed by atoms with E-state index in [1.807, 2.05) is 59.6 Å². The zero-order chi connectivity index (χ0) is 22.7. The van der Waals surface area contributed by atoms with Crippen molar-refractivity contribution in [3.8, 4) is 0 Å². The van der Waals surface area contributed by atoms with Gasteiger partial charge in [0.2, 0.25) is 5.91 Å². The van der Waals surface area contributed by atoms with E-state index in [1.165, 1.54) is 12.8 Å². The summed E-state index contributed by atoms with van der Waals surface area (Å²) >= 11 is 0. The average Bonchev–Trinajstić information content (AvgIpc) is 3.43. The summed E-state index contributed by atoms with van der Waals surface area (Å²) in [4.78, 5) is 32.3. The standard InChI is InChI=1S/C24H34N6O2/c1-18-15-19(2)30(26-18)12-9-25-23(31)22-17-29(14-13-27(22)3)24(32)20-7-6-8-21(16-20)28-10-4-5-11-28/h6-8,15-16,22H,4-5,9-14,17H2,1-3H3,(H,25,31)/t22-/m0/s1. The van der Waals surface area contributed by atoms with Crippen LogP contribution < -0.4 is 10.2 Å². The van der Waals surface area contributed by atoms with Crippen LogP contribution in [-0.2, 0) is 11.3 Å². The van der Waals surface area contributed by atoms with Crippen LogP contribution in [-0.4, -0.2) is 83.8 Å². The number of piperazine rings is 1. The van der Waals surface area contributed by atoms with E-state index < -0.39 is 0 Å². The lowest BCUT2D eigenvalue weighted by Gasteiger charge is -2.38. The number of likely N-dealkylation sites (N-methyl/N-ethyl adjacent to an activating group) is 1. The van der Waals surface area contributed by atoms with Crippen LogP contribution in [0.25, 0.3) is 0 Å². The first kappa shape index (κ1) is 22.3. The molecule has 0 unspecified atom stereocenters. The molecule has 8 heteroatoms. The molecule has 0 aliphatic carbocycles. The fourth-order valence-corrected chi connectivity index (χ4v) is 4.64. The molecule has 0 saturated carbocycles. The maximum atomic E-state index is 13.2. The minimum atomic E-state index is -0.352. The number of carbonyl (C=O) groups excluding carboxylic acids is 2. The van der Waals surface area contributed by atoms with Crippen LogP contribution in [0.1, 0.15) is 34.6 Å². The molecule has 2 amide bonds. The molecule has 2 aliphatic rings. The highest BCUT2D eigenvalue weighted by Crippen LogP contribution is 2.22. The van der Waals surface area contributed by atoms with Crippen molar-refractivity contribution in [3.63, 3.8) is 0 Å². The SMILES string of the molecule is Cc1cc(C)n(CCNC(=O)[C@@H]2CN(C(=O)c3cccc(N4CCCC4)c3)CCN2C)n1. The van der Waals surface area contributed by atoms with Gasteiger partial charge in [-0.25, -0.2) is 0 Å². The maximum Gasteiger partial charge on any atom is 0.254 e. The number of carbonyl (C=O) groups is 2. The Morgan fingerprint density at radius 1 is 1.09 bits per heavy atom. The molecule has 4 rings (SSSR count). The number of aryl methyl sites for hydroxylation is 2. The molecular formula is C24H34N6O2. The van der Waals surface area contributed by atoms with E-state index in [2.05, 4.69) is 21.4 Å². The van der Waals surface area contributed by atoms with E-state index in [-0.39, 0.29) is 17.9 Å². The van der Waals surface area contributed by atoms with Crippen molar-refractivity contribution in [3.05, 3.63) is 47.3 Å². The molecule has 0 radical (unpaired) electrons. The van der Waals surface area contributed by atoms with Gasteiger partial charge in [0.15, 0.2) is 0 Å². The Labute approximate surface area is 190 Å². The first-order valence-corrected chi connectivity index (χ1v) is 11.6. The number of hydrogen-bond donors (Lipinski definition) is 1. The first-order chi connectivity index (χ1) is 15.4. The third-order valence-electron chi connectivity index (χ3n) is 6.53. The number of anilines is 1. The number of aromatic nitrogens is 2. The van der Waals surface area contributed by atoms with Crippen LogP contribution in [0.5, 0.6) is 0 Å². The summed E-state index contributed by atoms with van der Waals surface area (Å²) in [5.74, 6) is -0.0445. The zero-order valence-electron chi connectivity index (χ0n) is 19.4. The van der Waals surface area contributed by atoms with Gasteiger partial charge >= 0.3 is 0 Å². The van der Waals surface area contributed by atoms with Gasteiger partial charge in [0, 0.05) is 56.2 Å². The van der Waals surface area contributed by atoms with Gasteiger partial charge in [-0.3, -0.25) is 19.2 Å². The third-order valence-corrected chi connectivity index (χ3v) is 6.53. The summed E-state index contributed by atoms with van der Waals surface area (Å²) in [6, 6.07) is 9.58. The van der Waals surface area contributed by atoms with Crippen molar-refractivity contribution >= 4 is 17.5 Å². The largest absolute Gasteiger partial charge is 0.372 e. The number of rotatable bonds is 6. The van der Waals surface area contributed by atoms with Crippen LogP contribution in [0.4, 0.5) is 5.69 Å². The van der Waals surface area contributed by atoms with Gasteiger partial charge < -0.3 is 15.1 Å². The lowest BCUT2D eigenvalue weighted by Crippen LogP contribution is -2.59. The molecule has 8 nitrogen and oxygen atoms in total. The van der Waals surface area contributed by atoms with Gasteiger partial charge in [0.05, 0.1) is 12.2 Å². The Morgan fingerprint density at radius 2 is 1.88 bits per heavy atom. The van der Waals surface area contributed by atoms with Crippen LogP contribution in [0.3, 0.4) is 0 Å². The number of benzene rings is 1. The van der Waals surface area contributed by atoms with Crippen LogP contribution in [0.2, 0.25) is 0 Å². The number of nitrogens with one attached hydrogen (secondary N) is 1. The molecule has 1 aromatic heterocycles. The number of hydrogen-bond acceptors (Lipinski definition) is 5. The molecule has 172 valence electrons. The zero-order valence-corrected chi connectivity index (χ0v) is 19.4. The van der Waals surface area contributed by atoms with Gasteiger partial charge in [-0.05, 0) is 58.0 Å². The molecule has 2 aliphatic heterocycles. The van der Waals surface area contributed by atoms with Crippen LogP contribution in [0, 0.1) is 13.8 Å². The fourth-order valence-electron chi connectivity index (χ4n) is 4.64. The molecule has 0 bridgehead atoms.